The largest absolute Gasteiger partial charge is 0.396 e. The maximum absolute atomic E-state index is 11.0. The van der Waals surface area contributed by atoms with Crippen molar-refractivity contribution in [1.82, 2.24) is 4.90 Å². The monoisotopic (exact) mass is 278 g/mol. The quantitative estimate of drug-likeness (QED) is 0.641. The van der Waals surface area contributed by atoms with E-state index in [9.17, 15) is 10.1 Å². The molecule has 1 heterocycles. The second-order valence-corrected chi connectivity index (χ2v) is 5.51. The Morgan fingerprint density at radius 3 is 3.00 bits per heavy atom. The van der Waals surface area contributed by atoms with Gasteiger partial charge in [-0.25, -0.2) is 0 Å². The van der Waals surface area contributed by atoms with Gasteiger partial charge in [-0.3, -0.25) is 15.0 Å². The maximum atomic E-state index is 11.0. The van der Waals surface area contributed by atoms with Crippen molar-refractivity contribution in [3.05, 3.63) is 39.4 Å². The molecule has 0 bridgehead atoms. The molecule has 1 aromatic carbocycles. The molecule has 1 N–H and O–H groups in total. The summed E-state index contributed by atoms with van der Waals surface area (Å²) < 4.78 is 0. The number of rotatable bonds is 6. The summed E-state index contributed by atoms with van der Waals surface area (Å²) in [6.07, 6.45) is 4.16. The number of hydrogen-bond donors (Lipinski definition) is 1. The van der Waals surface area contributed by atoms with Gasteiger partial charge in [-0.2, -0.15) is 0 Å². The fraction of sp³-hybridized carbons (Fsp3) is 0.600. The fourth-order valence-electron chi connectivity index (χ4n) is 2.94. The molecule has 1 fully saturated rings. The van der Waals surface area contributed by atoms with E-state index >= 15 is 0 Å². The lowest BCUT2D eigenvalue weighted by Gasteiger charge is -2.24. The highest BCUT2D eigenvalue weighted by molar-refractivity contribution is 5.42. The van der Waals surface area contributed by atoms with E-state index in [1.54, 1.807) is 13.0 Å². The van der Waals surface area contributed by atoms with Gasteiger partial charge in [0.15, 0.2) is 0 Å². The third-order valence-corrected chi connectivity index (χ3v) is 4.05. The number of aryl methyl sites for hydroxylation is 1. The van der Waals surface area contributed by atoms with Gasteiger partial charge in [-0.05, 0) is 44.7 Å². The van der Waals surface area contributed by atoms with Crippen LogP contribution in [-0.4, -0.2) is 34.1 Å². The van der Waals surface area contributed by atoms with Crippen LogP contribution in [0.1, 0.15) is 36.8 Å². The first kappa shape index (κ1) is 14.9. The third kappa shape index (κ3) is 3.55. The van der Waals surface area contributed by atoms with Crippen LogP contribution in [0.25, 0.3) is 0 Å². The number of benzene rings is 1. The Balaban J connectivity index is 2.05. The molecule has 110 valence electrons. The summed E-state index contributed by atoms with van der Waals surface area (Å²) in [5.41, 5.74) is 1.91. The predicted molar refractivity (Wildman–Crippen MR) is 77.6 cm³/mol. The van der Waals surface area contributed by atoms with Crippen LogP contribution in [0.5, 0.6) is 0 Å². The molecular weight excluding hydrogens is 256 g/mol. The first-order valence-corrected chi connectivity index (χ1v) is 7.20. The number of aliphatic hydroxyl groups excluding tert-OH is 1. The van der Waals surface area contributed by atoms with E-state index in [1.807, 2.05) is 12.1 Å². The molecular formula is C15H22N2O3. The lowest BCUT2D eigenvalue weighted by atomic mass is 10.1. The van der Waals surface area contributed by atoms with Gasteiger partial charge in [0.1, 0.15) is 0 Å². The molecule has 5 nitrogen and oxygen atoms in total. The van der Waals surface area contributed by atoms with E-state index in [1.165, 1.54) is 6.42 Å². The molecule has 0 aliphatic carbocycles. The average molecular weight is 278 g/mol. The van der Waals surface area contributed by atoms with E-state index in [0.29, 0.717) is 11.6 Å². The van der Waals surface area contributed by atoms with E-state index in [-0.39, 0.29) is 17.2 Å². The molecule has 0 saturated carbocycles. The molecule has 1 saturated heterocycles. The summed E-state index contributed by atoms with van der Waals surface area (Å²) in [6.45, 7) is 3.80. The summed E-state index contributed by atoms with van der Waals surface area (Å²) in [5.74, 6) is 0. The van der Waals surface area contributed by atoms with E-state index < -0.39 is 0 Å². The Bertz CT molecular complexity index is 476. The van der Waals surface area contributed by atoms with Crippen LogP contribution in [0.4, 0.5) is 5.69 Å². The highest BCUT2D eigenvalue weighted by Gasteiger charge is 2.24. The minimum Gasteiger partial charge on any atom is -0.396 e. The Hall–Kier alpha value is -1.46. The highest BCUT2D eigenvalue weighted by atomic mass is 16.6. The van der Waals surface area contributed by atoms with Crippen LogP contribution in [0.2, 0.25) is 0 Å². The average Bonchev–Trinajstić information content (AvgIpc) is 2.85. The lowest BCUT2D eigenvalue weighted by Crippen LogP contribution is -2.29. The van der Waals surface area contributed by atoms with E-state index in [0.717, 1.165) is 37.9 Å². The Labute approximate surface area is 119 Å². The molecule has 1 aliphatic rings. The maximum Gasteiger partial charge on any atom is 0.272 e. The summed E-state index contributed by atoms with van der Waals surface area (Å²) >= 11 is 0. The van der Waals surface area contributed by atoms with Crippen molar-refractivity contribution < 1.29 is 10.0 Å². The van der Waals surface area contributed by atoms with E-state index in [4.69, 9.17) is 5.11 Å². The number of likely N-dealkylation sites (tertiary alicyclic amines) is 1. The van der Waals surface area contributed by atoms with Gasteiger partial charge in [0.2, 0.25) is 0 Å². The van der Waals surface area contributed by atoms with Crippen molar-refractivity contribution in [3.8, 4) is 0 Å². The van der Waals surface area contributed by atoms with Crippen molar-refractivity contribution in [2.45, 2.75) is 45.2 Å². The van der Waals surface area contributed by atoms with Crippen molar-refractivity contribution in [1.29, 1.82) is 0 Å². The highest BCUT2D eigenvalue weighted by Crippen LogP contribution is 2.25. The zero-order chi connectivity index (χ0) is 14.5. The minimum absolute atomic E-state index is 0.202. The van der Waals surface area contributed by atoms with Gasteiger partial charge >= 0.3 is 0 Å². The number of nitro groups is 1. The molecule has 1 aliphatic heterocycles. The van der Waals surface area contributed by atoms with Gasteiger partial charge < -0.3 is 5.11 Å². The lowest BCUT2D eigenvalue weighted by molar-refractivity contribution is -0.385. The molecule has 0 spiro atoms. The van der Waals surface area contributed by atoms with Gasteiger partial charge in [-0.15, -0.1) is 0 Å². The van der Waals surface area contributed by atoms with E-state index in [2.05, 4.69) is 4.90 Å². The standard InChI is InChI=1S/C15H22N2O3/c1-12-6-7-13(10-15(12)17(19)20)11-16-8-2-4-14(16)5-3-9-18/h6-7,10,14,18H,2-5,8-9,11H2,1H3. The molecule has 5 heteroatoms. The summed E-state index contributed by atoms with van der Waals surface area (Å²) in [4.78, 5) is 13.0. The SMILES string of the molecule is Cc1ccc(CN2CCCC2CCCO)cc1[N+](=O)[O-]. The number of nitrogens with zero attached hydrogens (tertiary/aromatic N) is 2. The molecule has 0 amide bonds. The van der Waals surface area contributed by atoms with Crippen LogP contribution in [0.3, 0.4) is 0 Å². The Kier molecular flexibility index (Phi) is 5.09. The van der Waals surface area contributed by atoms with Gasteiger partial charge in [0.25, 0.3) is 5.69 Å². The molecule has 0 aromatic heterocycles. The van der Waals surface area contributed by atoms with Gasteiger partial charge in [0.05, 0.1) is 4.92 Å². The third-order valence-electron chi connectivity index (χ3n) is 4.05. The number of aliphatic hydroxyl groups is 1. The predicted octanol–water partition coefficient (Wildman–Crippen LogP) is 2.64. The molecule has 20 heavy (non-hydrogen) atoms. The molecule has 1 atom stereocenters. The first-order chi connectivity index (χ1) is 9.61. The Morgan fingerprint density at radius 1 is 1.50 bits per heavy atom. The fourth-order valence-corrected chi connectivity index (χ4v) is 2.94. The van der Waals surface area contributed by atoms with Crippen LogP contribution in [0.15, 0.2) is 18.2 Å². The van der Waals surface area contributed by atoms with Crippen molar-refractivity contribution in [3.63, 3.8) is 0 Å². The second-order valence-electron chi connectivity index (χ2n) is 5.51. The summed E-state index contributed by atoms with van der Waals surface area (Å²) in [5, 5.41) is 19.9. The normalized spacial score (nSPS) is 19.4. The van der Waals surface area contributed by atoms with Crippen LogP contribution in [-0.2, 0) is 6.54 Å². The smallest absolute Gasteiger partial charge is 0.272 e. The first-order valence-electron chi connectivity index (χ1n) is 7.20. The number of nitro benzene ring substituents is 1. The molecule has 1 unspecified atom stereocenters. The Morgan fingerprint density at radius 2 is 2.30 bits per heavy atom. The minimum atomic E-state index is -0.313. The zero-order valence-electron chi connectivity index (χ0n) is 11.9. The molecule has 0 radical (unpaired) electrons. The molecule has 1 aromatic rings. The zero-order valence-corrected chi connectivity index (χ0v) is 11.9. The molecule has 2 rings (SSSR count). The van der Waals surface area contributed by atoms with Crippen molar-refractivity contribution in [2.75, 3.05) is 13.2 Å². The van der Waals surface area contributed by atoms with Crippen molar-refractivity contribution in [2.24, 2.45) is 0 Å². The van der Waals surface area contributed by atoms with Crippen LogP contribution >= 0.6 is 0 Å². The van der Waals surface area contributed by atoms with Crippen LogP contribution < -0.4 is 0 Å². The van der Waals surface area contributed by atoms with Gasteiger partial charge in [-0.1, -0.05) is 12.1 Å². The second kappa shape index (κ2) is 6.81. The summed E-state index contributed by atoms with van der Waals surface area (Å²) in [6, 6.07) is 6.00. The van der Waals surface area contributed by atoms with Crippen LogP contribution in [0, 0.1) is 17.0 Å². The van der Waals surface area contributed by atoms with Gasteiger partial charge in [0, 0.05) is 30.8 Å². The van der Waals surface area contributed by atoms with Crippen molar-refractivity contribution >= 4 is 5.69 Å². The number of hydrogen-bond acceptors (Lipinski definition) is 4. The summed E-state index contributed by atoms with van der Waals surface area (Å²) in [7, 11) is 0. The topological polar surface area (TPSA) is 66.6 Å².